The van der Waals surface area contributed by atoms with Gasteiger partial charge in [0, 0.05) is 24.4 Å². The van der Waals surface area contributed by atoms with Crippen LogP contribution in [-0.4, -0.2) is 39.6 Å². The standard InChI is InChI=1S/C17H20N4O4/c1-11-13(3-6-25-11)14-8-16(21(20-14)4-5-22)19-10-12-7-15(18-9-12)17(23)24-2/h3,6-9,18-19,22H,4-5,10H2,1-2H3. The number of carbonyl (C=O) groups is 1. The molecule has 0 aromatic carbocycles. The highest BCUT2D eigenvalue weighted by atomic mass is 16.5. The van der Waals surface area contributed by atoms with E-state index in [1.165, 1.54) is 7.11 Å². The van der Waals surface area contributed by atoms with Crippen molar-refractivity contribution in [3.8, 4) is 11.3 Å². The Morgan fingerprint density at radius 3 is 3.00 bits per heavy atom. The molecule has 3 aromatic heterocycles. The smallest absolute Gasteiger partial charge is 0.354 e. The molecule has 0 fully saturated rings. The van der Waals surface area contributed by atoms with Crippen LogP contribution < -0.4 is 5.32 Å². The van der Waals surface area contributed by atoms with E-state index in [-0.39, 0.29) is 6.61 Å². The SMILES string of the molecule is COC(=O)c1cc(CNc2cc(-c3ccoc3C)nn2CCO)c[nH]1. The summed E-state index contributed by atoms with van der Waals surface area (Å²) in [5, 5.41) is 17.0. The summed E-state index contributed by atoms with van der Waals surface area (Å²) in [7, 11) is 1.34. The zero-order chi connectivity index (χ0) is 17.8. The first-order valence-corrected chi connectivity index (χ1v) is 7.85. The number of aliphatic hydroxyl groups excluding tert-OH is 1. The van der Waals surface area contributed by atoms with Gasteiger partial charge in [-0.25, -0.2) is 9.48 Å². The number of rotatable bonds is 7. The largest absolute Gasteiger partial charge is 0.469 e. The van der Waals surface area contributed by atoms with Crippen molar-refractivity contribution in [1.29, 1.82) is 0 Å². The molecule has 3 heterocycles. The molecule has 0 saturated carbocycles. The van der Waals surface area contributed by atoms with Crippen molar-refractivity contribution in [3.63, 3.8) is 0 Å². The van der Waals surface area contributed by atoms with Gasteiger partial charge in [-0.15, -0.1) is 0 Å². The van der Waals surface area contributed by atoms with Crippen molar-refractivity contribution in [1.82, 2.24) is 14.8 Å². The van der Waals surface area contributed by atoms with Gasteiger partial charge in [-0.3, -0.25) is 0 Å². The third-order valence-corrected chi connectivity index (χ3v) is 3.85. The maximum atomic E-state index is 11.5. The number of ether oxygens (including phenoxy) is 1. The monoisotopic (exact) mass is 344 g/mol. The summed E-state index contributed by atoms with van der Waals surface area (Å²) in [6.45, 7) is 2.73. The molecule has 0 aliphatic carbocycles. The Bertz CT molecular complexity index is 862. The second-order valence-electron chi connectivity index (χ2n) is 5.52. The number of methoxy groups -OCH3 is 1. The molecule has 0 saturated heterocycles. The fraction of sp³-hybridized carbons (Fsp3) is 0.294. The summed E-state index contributed by atoms with van der Waals surface area (Å²) < 4.78 is 11.7. The maximum Gasteiger partial charge on any atom is 0.354 e. The molecule has 25 heavy (non-hydrogen) atoms. The van der Waals surface area contributed by atoms with Crippen molar-refractivity contribution >= 4 is 11.8 Å². The van der Waals surface area contributed by atoms with E-state index in [9.17, 15) is 9.90 Å². The van der Waals surface area contributed by atoms with Gasteiger partial charge in [0.2, 0.25) is 0 Å². The zero-order valence-electron chi connectivity index (χ0n) is 14.1. The Labute approximate surface area is 144 Å². The molecule has 132 valence electrons. The van der Waals surface area contributed by atoms with E-state index in [1.54, 1.807) is 23.2 Å². The first-order chi connectivity index (χ1) is 12.1. The van der Waals surface area contributed by atoms with Crippen LogP contribution in [-0.2, 0) is 17.8 Å². The van der Waals surface area contributed by atoms with E-state index in [2.05, 4.69) is 20.1 Å². The molecule has 0 amide bonds. The number of aliphatic hydroxyl groups is 1. The van der Waals surface area contributed by atoms with Crippen molar-refractivity contribution in [2.45, 2.75) is 20.0 Å². The van der Waals surface area contributed by atoms with Gasteiger partial charge in [-0.1, -0.05) is 0 Å². The van der Waals surface area contributed by atoms with E-state index in [4.69, 9.17) is 4.42 Å². The Morgan fingerprint density at radius 2 is 2.32 bits per heavy atom. The van der Waals surface area contributed by atoms with Crippen LogP contribution in [0.1, 0.15) is 21.8 Å². The minimum atomic E-state index is -0.408. The minimum absolute atomic E-state index is 0.0171. The zero-order valence-corrected chi connectivity index (χ0v) is 14.1. The van der Waals surface area contributed by atoms with Crippen LogP contribution in [0.25, 0.3) is 11.3 Å². The molecular weight excluding hydrogens is 324 g/mol. The molecule has 0 aliphatic rings. The van der Waals surface area contributed by atoms with Gasteiger partial charge in [0.25, 0.3) is 0 Å². The highest BCUT2D eigenvalue weighted by molar-refractivity contribution is 5.87. The molecule has 3 N–H and O–H groups in total. The summed E-state index contributed by atoms with van der Waals surface area (Å²) in [5.41, 5.74) is 2.98. The van der Waals surface area contributed by atoms with Crippen LogP contribution in [0.2, 0.25) is 0 Å². The van der Waals surface area contributed by atoms with Gasteiger partial charge in [0.15, 0.2) is 0 Å². The van der Waals surface area contributed by atoms with Gasteiger partial charge in [-0.2, -0.15) is 5.10 Å². The Balaban J connectivity index is 1.77. The minimum Gasteiger partial charge on any atom is -0.469 e. The van der Waals surface area contributed by atoms with Crippen molar-refractivity contribution in [2.75, 3.05) is 19.0 Å². The molecule has 0 spiro atoms. The Kier molecular flexibility index (Phi) is 4.90. The van der Waals surface area contributed by atoms with Gasteiger partial charge in [0.05, 0.1) is 32.2 Å². The van der Waals surface area contributed by atoms with Crippen molar-refractivity contribution < 1.29 is 19.1 Å². The predicted molar refractivity (Wildman–Crippen MR) is 91.2 cm³/mol. The van der Waals surface area contributed by atoms with Crippen LogP contribution in [0.4, 0.5) is 5.82 Å². The summed E-state index contributed by atoms with van der Waals surface area (Å²) in [6.07, 6.45) is 3.37. The van der Waals surface area contributed by atoms with Gasteiger partial charge in [-0.05, 0) is 24.6 Å². The van der Waals surface area contributed by atoms with Crippen LogP contribution in [0.3, 0.4) is 0 Å². The van der Waals surface area contributed by atoms with Crippen LogP contribution in [0.15, 0.2) is 35.1 Å². The van der Waals surface area contributed by atoms with Gasteiger partial charge >= 0.3 is 5.97 Å². The van der Waals surface area contributed by atoms with Crippen LogP contribution >= 0.6 is 0 Å². The van der Waals surface area contributed by atoms with Crippen molar-refractivity contribution in [2.24, 2.45) is 0 Å². The molecule has 0 radical (unpaired) electrons. The lowest BCUT2D eigenvalue weighted by atomic mass is 10.2. The highest BCUT2D eigenvalue weighted by Gasteiger charge is 2.13. The summed E-state index contributed by atoms with van der Waals surface area (Å²) in [6, 6.07) is 5.49. The van der Waals surface area contributed by atoms with E-state index in [0.717, 1.165) is 28.4 Å². The summed E-state index contributed by atoms with van der Waals surface area (Å²) in [5.74, 6) is 1.15. The normalized spacial score (nSPS) is 10.8. The number of H-pyrrole nitrogens is 1. The second-order valence-corrected chi connectivity index (χ2v) is 5.52. The molecule has 8 nitrogen and oxygen atoms in total. The fourth-order valence-corrected chi connectivity index (χ4v) is 2.57. The molecule has 3 rings (SSSR count). The number of anilines is 1. The number of esters is 1. The molecule has 3 aromatic rings. The number of hydrogen-bond donors (Lipinski definition) is 3. The predicted octanol–water partition coefficient (Wildman–Crippen LogP) is 2.17. The summed E-state index contributed by atoms with van der Waals surface area (Å²) >= 11 is 0. The topological polar surface area (TPSA) is 105 Å². The van der Waals surface area contributed by atoms with E-state index >= 15 is 0 Å². The Morgan fingerprint density at radius 1 is 1.48 bits per heavy atom. The van der Waals surface area contributed by atoms with E-state index in [1.807, 2.05) is 19.1 Å². The number of aromatic amines is 1. The van der Waals surface area contributed by atoms with Gasteiger partial charge in [0.1, 0.15) is 17.3 Å². The average Bonchev–Trinajstić information content (AvgIpc) is 3.32. The molecular formula is C17H20N4O4. The first-order valence-electron chi connectivity index (χ1n) is 7.85. The highest BCUT2D eigenvalue weighted by Crippen LogP contribution is 2.26. The average molecular weight is 344 g/mol. The fourth-order valence-electron chi connectivity index (χ4n) is 2.57. The number of hydrogen-bond acceptors (Lipinski definition) is 6. The third kappa shape index (κ3) is 3.58. The molecule has 0 unspecified atom stereocenters. The maximum absolute atomic E-state index is 11.5. The number of nitrogens with one attached hydrogen (secondary N) is 2. The third-order valence-electron chi connectivity index (χ3n) is 3.85. The number of furan rings is 1. The molecule has 0 atom stereocenters. The Hall–Kier alpha value is -3.00. The number of carbonyl (C=O) groups excluding carboxylic acids is 1. The molecule has 8 heteroatoms. The first kappa shape index (κ1) is 16.8. The quantitative estimate of drug-likeness (QED) is 0.567. The van der Waals surface area contributed by atoms with E-state index < -0.39 is 5.97 Å². The lowest BCUT2D eigenvalue weighted by Gasteiger charge is -2.07. The van der Waals surface area contributed by atoms with Crippen LogP contribution in [0.5, 0.6) is 0 Å². The number of aryl methyl sites for hydroxylation is 1. The van der Waals surface area contributed by atoms with Gasteiger partial charge < -0.3 is 24.6 Å². The second kappa shape index (κ2) is 7.27. The molecule has 0 bridgehead atoms. The van der Waals surface area contributed by atoms with Crippen molar-refractivity contribution in [3.05, 3.63) is 47.7 Å². The lowest BCUT2D eigenvalue weighted by Crippen LogP contribution is -2.10. The number of nitrogens with zero attached hydrogens (tertiary/aromatic N) is 2. The number of aromatic nitrogens is 3. The molecule has 0 aliphatic heterocycles. The van der Waals surface area contributed by atoms with Crippen LogP contribution in [0, 0.1) is 6.92 Å². The van der Waals surface area contributed by atoms with E-state index in [0.29, 0.717) is 18.8 Å². The summed E-state index contributed by atoms with van der Waals surface area (Å²) in [4.78, 5) is 14.4. The lowest BCUT2D eigenvalue weighted by molar-refractivity contribution is 0.0595.